The van der Waals surface area contributed by atoms with Crippen LogP contribution >= 0.6 is 0 Å². The van der Waals surface area contributed by atoms with Gasteiger partial charge in [-0.05, 0) is 19.4 Å². The van der Waals surface area contributed by atoms with Crippen LogP contribution in [-0.4, -0.2) is 15.7 Å². The van der Waals surface area contributed by atoms with Crippen LogP contribution in [0.25, 0.3) is 5.57 Å². The number of rotatable bonds is 4. The molecule has 0 atom stereocenters. The van der Waals surface area contributed by atoms with Gasteiger partial charge in [-0.3, -0.25) is 4.99 Å². The molecular weight excluding hydrogens is 222 g/mol. The van der Waals surface area contributed by atoms with Crippen molar-refractivity contribution in [3.05, 3.63) is 30.0 Å². The summed E-state index contributed by atoms with van der Waals surface area (Å²) in [6, 6.07) is 1.97. The lowest BCUT2D eigenvalue weighted by Gasteiger charge is -2.03. The van der Waals surface area contributed by atoms with Gasteiger partial charge in [0.25, 0.3) is 0 Å². The zero-order valence-electron chi connectivity index (χ0n) is 11.9. The normalized spacial score (nSPS) is 13.6. The van der Waals surface area contributed by atoms with Crippen molar-refractivity contribution < 1.29 is 0 Å². The number of aromatic nitrogens is 2. The Balaban J connectivity index is 0.000000771. The third-order valence-corrected chi connectivity index (χ3v) is 2.68. The molecule has 0 bridgehead atoms. The molecule has 0 saturated heterocycles. The van der Waals surface area contributed by atoms with E-state index in [0.29, 0.717) is 0 Å². The monoisotopic (exact) mass is 245 g/mol. The predicted molar refractivity (Wildman–Crippen MR) is 77.7 cm³/mol. The lowest BCUT2D eigenvalue weighted by Crippen LogP contribution is -1.99. The van der Waals surface area contributed by atoms with Crippen molar-refractivity contribution in [2.75, 3.05) is 0 Å². The van der Waals surface area contributed by atoms with Crippen LogP contribution in [0.1, 0.15) is 58.5 Å². The molecule has 1 aromatic heterocycles. The summed E-state index contributed by atoms with van der Waals surface area (Å²) in [7, 11) is 0. The fourth-order valence-corrected chi connectivity index (χ4v) is 1.74. The molecule has 0 N–H and O–H groups in total. The van der Waals surface area contributed by atoms with Gasteiger partial charge in [0, 0.05) is 36.5 Å². The number of hydrogen-bond donors (Lipinski definition) is 0. The molecule has 0 fully saturated rings. The van der Waals surface area contributed by atoms with E-state index in [-0.39, 0.29) is 0 Å². The Morgan fingerprint density at radius 3 is 2.67 bits per heavy atom. The van der Waals surface area contributed by atoms with E-state index in [1.54, 1.807) is 0 Å². The van der Waals surface area contributed by atoms with Crippen LogP contribution in [0.3, 0.4) is 0 Å². The van der Waals surface area contributed by atoms with Gasteiger partial charge in [0.05, 0.1) is 5.69 Å². The SMILES string of the molecule is CC.CCCCc1nccc(C2=CN=C(C)C2)n1. The molecular formula is C15H23N3. The van der Waals surface area contributed by atoms with Gasteiger partial charge in [-0.1, -0.05) is 27.2 Å². The molecule has 0 amide bonds. The van der Waals surface area contributed by atoms with E-state index in [1.807, 2.05) is 39.2 Å². The molecule has 0 aromatic carbocycles. The highest BCUT2D eigenvalue weighted by Crippen LogP contribution is 2.21. The lowest BCUT2D eigenvalue weighted by atomic mass is 10.1. The quantitative estimate of drug-likeness (QED) is 0.802. The number of hydrogen-bond acceptors (Lipinski definition) is 3. The molecule has 0 aliphatic carbocycles. The van der Waals surface area contributed by atoms with Crippen LogP contribution in [0, 0.1) is 0 Å². The predicted octanol–water partition coefficient (Wildman–Crippen LogP) is 4.05. The summed E-state index contributed by atoms with van der Waals surface area (Å²) in [5.74, 6) is 0.949. The van der Waals surface area contributed by atoms with Crippen molar-refractivity contribution in [1.29, 1.82) is 0 Å². The fourth-order valence-electron chi connectivity index (χ4n) is 1.74. The molecule has 1 aromatic rings. The molecule has 3 heteroatoms. The average Bonchev–Trinajstić information content (AvgIpc) is 2.86. The van der Waals surface area contributed by atoms with Gasteiger partial charge in [-0.2, -0.15) is 0 Å². The average molecular weight is 245 g/mol. The molecule has 0 spiro atoms. The van der Waals surface area contributed by atoms with E-state index >= 15 is 0 Å². The maximum Gasteiger partial charge on any atom is 0.128 e. The molecule has 1 aliphatic rings. The minimum Gasteiger partial charge on any atom is -0.265 e. The first kappa shape index (κ1) is 14.6. The Labute approximate surface area is 110 Å². The van der Waals surface area contributed by atoms with Crippen LogP contribution in [0.2, 0.25) is 0 Å². The largest absolute Gasteiger partial charge is 0.265 e. The molecule has 98 valence electrons. The minimum absolute atomic E-state index is 0.921. The number of nitrogens with zero attached hydrogens (tertiary/aromatic N) is 3. The smallest absolute Gasteiger partial charge is 0.128 e. The molecule has 2 rings (SSSR count). The van der Waals surface area contributed by atoms with Crippen molar-refractivity contribution in [2.45, 2.75) is 53.4 Å². The Morgan fingerprint density at radius 1 is 1.28 bits per heavy atom. The standard InChI is InChI=1S/C13H17N3.C2H6/c1-3-4-5-13-14-7-6-12(16-13)11-8-10(2)15-9-11;1-2/h6-7,9H,3-5,8H2,1-2H3;1-2H3. The Kier molecular flexibility index (Phi) is 6.26. The topological polar surface area (TPSA) is 38.1 Å². The summed E-state index contributed by atoms with van der Waals surface area (Å²) in [5, 5.41) is 0. The van der Waals surface area contributed by atoms with Crippen LogP contribution in [0.15, 0.2) is 23.5 Å². The molecule has 18 heavy (non-hydrogen) atoms. The maximum atomic E-state index is 4.57. The maximum absolute atomic E-state index is 4.57. The molecule has 2 heterocycles. The highest BCUT2D eigenvalue weighted by atomic mass is 14.9. The number of allylic oxidation sites excluding steroid dienone is 1. The van der Waals surface area contributed by atoms with Crippen LogP contribution < -0.4 is 0 Å². The van der Waals surface area contributed by atoms with Crippen molar-refractivity contribution in [3.63, 3.8) is 0 Å². The summed E-state index contributed by atoms with van der Waals surface area (Å²) in [6.45, 7) is 8.23. The Bertz CT molecular complexity index is 433. The zero-order valence-corrected chi connectivity index (χ0v) is 11.9. The van der Waals surface area contributed by atoms with Gasteiger partial charge in [0.1, 0.15) is 5.82 Å². The highest BCUT2D eigenvalue weighted by Gasteiger charge is 2.10. The van der Waals surface area contributed by atoms with Crippen molar-refractivity contribution in [3.8, 4) is 0 Å². The molecule has 0 saturated carbocycles. The first-order valence-electron chi connectivity index (χ1n) is 6.84. The molecule has 0 radical (unpaired) electrons. The number of unbranched alkanes of at least 4 members (excludes halogenated alkanes) is 1. The fraction of sp³-hybridized carbons (Fsp3) is 0.533. The van der Waals surface area contributed by atoms with Gasteiger partial charge in [0.15, 0.2) is 0 Å². The summed E-state index contributed by atoms with van der Waals surface area (Å²) in [4.78, 5) is 13.1. The van der Waals surface area contributed by atoms with Crippen molar-refractivity contribution in [2.24, 2.45) is 4.99 Å². The first-order valence-corrected chi connectivity index (χ1v) is 6.84. The summed E-state index contributed by atoms with van der Waals surface area (Å²) in [6.07, 6.45) is 7.99. The second kappa shape index (κ2) is 7.75. The van der Waals surface area contributed by atoms with E-state index in [2.05, 4.69) is 21.9 Å². The highest BCUT2D eigenvalue weighted by molar-refractivity contribution is 5.96. The van der Waals surface area contributed by atoms with Crippen LogP contribution in [-0.2, 0) is 6.42 Å². The van der Waals surface area contributed by atoms with E-state index in [4.69, 9.17) is 0 Å². The van der Waals surface area contributed by atoms with Crippen molar-refractivity contribution >= 4 is 11.3 Å². The van der Waals surface area contributed by atoms with Gasteiger partial charge >= 0.3 is 0 Å². The van der Waals surface area contributed by atoms with Crippen LogP contribution in [0.4, 0.5) is 0 Å². The van der Waals surface area contributed by atoms with E-state index in [0.717, 1.165) is 36.5 Å². The second-order valence-corrected chi connectivity index (χ2v) is 4.16. The van der Waals surface area contributed by atoms with E-state index < -0.39 is 0 Å². The lowest BCUT2D eigenvalue weighted by molar-refractivity contribution is 0.750. The van der Waals surface area contributed by atoms with Gasteiger partial charge < -0.3 is 0 Å². The summed E-state index contributed by atoms with van der Waals surface area (Å²) >= 11 is 0. The van der Waals surface area contributed by atoms with Gasteiger partial charge in [-0.25, -0.2) is 9.97 Å². The minimum atomic E-state index is 0.921. The second-order valence-electron chi connectivity index (χ2n) is 4.16. The Morgan fingerprint density at radius 2 is 2.06 bits per heavy atom. The first-order chi connectivity index (χ1) is 8.79. The third kappa shape index (κ3) is 4.06. The van der Waals surface area contributed by atoms with Crippen LogP contribution in [0.5, 0.6) is 0 Å². The third-order valence-electron chi connectivity index (χ3n) is 2.68. The van der Waals surface area contributed by atoms with Crippen molar-refractivity contribution in [1.82, 2.24) is 9.97 Å². The van der Waals surface area contributed by atoms with Gasteiger partial charge in [-0.15, -0.1) is 0 Å². The summed E-state index contributed by atoms with van der Waals surface area (Å²) < 4.78 is 0. The molecule has 0 unspecified atom stereocenters. The number of aryl methyl sites for hydroxylation is 1. The van der Waals surface area contributed by atoms with Gasteiger partial charge in [0.2, 0.25) is 0 Å². The van der Waals surface area contributed by atoms with E-state index in [1.165, 1.54) is 12.0 Å². The molecule has 3 nitrogen and oxygen atoms in total. The number of aliphatic imine (C=N–C) groups is 1. The van der Waals surface area contributed by atoms with E-state index in [9.17, 15) is 0 Å². The zero-order chi connectivity index (χ0) is 13.4. The Hall–Kier alpha value is -1.51. The molecule has 1 aliphatic heterocycles. The summed E-state index contributed by atoms with van der Waals surface area (Å²) in [5.41, 5.74) is 3.39.